The molecule has 15 heavy (non-hydrogen) atoms. The quantitative estimate of drug-likeness (QED) is 0.727. The van der Waals surface area contributed by atoms with Crippen molar-refractivity contribution in [3.05, 3.63) is 29.0 Å². The SMILES string of the molecule is O=C(OC1CCCC1)c1cnccc1Cl. The third-order valence-electron chi connectivity index (χ3n) is 2.56. The monoisotopic (exact) mass is 225 g/mol. The summed E-state index contributed by atoms with van der Waals surface area (Å²) in [5.74, 6) is -0.361. The maximum Gasteiger partial charge on any atom is 0.341 e. The van der Waals surface area contributed by atoms with Crippen LogP contribution in [0.4, 0.5) is 0 Å². The van der Waals surface area contributed by atoms with Crippen molar-refractivity contribution < 1.29 is 9.53 Å². The molecule has 0 aliphatic heterocycles. The maximum atomic E-state index is 11.7. The zero-order valence-electron chi connectivity index (χ0n) is 8.28. The van der Waals surface area contributed by atoms with Gasteiger partial charge in [0.05, 0.1) is 10.6 Å². The highest BCUT2D eigenvalue weighted by molar-refractivity contribution is 6.33. The Morgan fingerprint density at radius 3 is 2.87 bits per heavy atom. The highest BCUT2D eigenvalue weighted by atomic mass is 35.5. The largest absolute Gasteiger partial charge is 0.459 e. The summed E-state index contributed by atoms with van der Waals surface area (Å²) < 4.78 is 5.31. The van der Waals surface area contributed by atoms with E-state index < -0.39 is 0 Å². The number of hydrogen-bond donors (Lipinski definition) is 0. The zero-order valence-corrected chi connectivity index (χ0v) is 9.04. The van der Waals surface area contributed by atoms with E-state index in [1.165, 1.54) is 6.20 Å². The summed E-state index contributed by atoms with van der Waals surface area (Å²) in [4.78, 5) is 15.5. The van der Waals surface area contributed by atoms with Gasteiger partial charge in [-0.3, -0.25) is 4.98 Å². The van der Waals surface area contributed by atoms with E-state index in [2.05, 4.69) is 4.98 Å². The second-order valence-corrected chi connectivity index (χ2v) is 4.07. The van der Waals surface area contributed by atoms with Gasteiger partial charge in [-0.05, 0) is 31.7 Å². The van der Waals surface area contributed by atoms with Gasteiger partial charge < -0.3 is 4.74 Å². The van der Waals surface area contributed by atoms with Crippen LogP contribution in [0.5, 0.6) is 0 Å². The van der Waals surface area contributed by atoms with E-state index in [-0.39, 0.29) is 12.1 Å². The fourth-order valence-corrected chi connectivity index (χ4v) is 1.93. The molecule has 0 radical (unpaired) electrons. The lowest BCUT2D eigenvalue weighted by molar-refractivity contribution is 0.0317. The topological polar surface area (TPSA) is 39.2 Å². The Kier molecular flexibility index (Phi) is 3.21. The number of nitrogens with zero attached hydrogens (tertiary/aromatic N) is 1. The molecule has 0 unspecified atom stereocenters. The van der Waals surface area contributed by atoms with Gasteiger partial charge in [0.1, 0.15) is 6.10 Å². The van der Waals surface area contributed by atoms with E-state index in [1.807, 2.05) is 0 Å². The van der Waals surface area contributed by atoms with Gasteiger partial charge >= 0.3 is 5.97 Å². The first-order chi connectivity index (χ1) is 7.27. The second kappa shape index (κ2) is 4.62. The van der Waals surface area contributed by atoms with Crippen molar-refractivity contribution in [2.45, 2.75) is 31.8 Å². The third kappa shape index (κ3) is 2.48. The van der Waals surface area contributed by atoms with E-state index >= 15 is 0 Å². The van der Waals surface area contributed by atoms with E-state index in [0.717, 1.165) is 25.7 Å². The lowest BCUT2D eigenvalue weighted by atomic mass is 10.2. The number of hydrogen-bond acceptors (Lipinski definition) is 3. The van der Waals surface area contributed by atoms with Gasteiger partial charge in [-0.15, -0.1) is 0 Å². The fourth-order valence-electron chi connectivity index (χ4n) is 1.75. The lowest BCUT2D eigenvalue weighted by Gasteiger charge is -2.11. The van der Waals surface area contributed by atoms with Crippen LogP contribution in [-0.2, 0) is 4.74 Å². The molecule has 1 aliphatic carbocycles. The van der Waals surface area contributed by atoms with Crippen molar-refractivity contribution in [3.63, 3.8) is 0 Å². The number of esters is 1. The highest BCUT2D eigenvalue weighted by Crippen LogP contribution is 2.23. The molecule has 1 saturated carbocycles. The Bertz CT molecular complexity index is 361. The Morgan fingerprint density at radius 2 is 2.20 bits per heavy atom. The predicted octanol–water partition coefficient (Wildman–Crippen LogP) is 2.83. The standard InChI is InChI=1S/C11H12ClNO2/c12-10-5-6-13-7-9(10)11(14)15-8-3-1-2-4-8/h5-8H,1-4H2. The fraction of sp³-hybridized carbons (Fsp3) is 0.455. The van der Waals surface area contributed by atoms with E-state index in [4.69, 9.17) is 16.3 Å². The molecule has 3 nitrogen and oxygen atoms in total. The predicted molar refractivity (Wildman–Crippen MR) is 56.9 cm³/mol. The van der Waals surface area contributed by atoms with Crippen molar-refractivity contribution >= 4 is 17.6 Å². The minimum atomic E-state index is -0.361. The van der Waals surface area contributed by atoms with Crippen LogP contribution in [0.2, 0.25) is 5.02 Å². The average molecular weight is 226 g/mol. The molecule has 4 heteroatoms. The molecule has 1 heterocycles. The zero-order chi connectivity index (χ0) is 10.7. The summed E-state index contributed by atoms with van der Waals surface area (Å²) in [5.41, 5.74) is 0.353. The van der Waals surface area contributed by atoms with Gasteiger partial charge in [0, 0.05) is 12.4 Å². The van der Waals surface area contributed by atoms with Gasteiger partial charge in [-0.2, -0.15) is 0 Å². The Morgan fingerprint density at radius 1 is 1.47 bits per heavy atom. The summed E-state index contributed by atoms with van der Waals surface area (Å²) in [6, 6.07) is 1.59. The van der Waals surface area contributed by atoms with Gasteiger partial charge in [-0.1, -0.05) is 11.6 Å². The molecule has 0 atom stereocenters. The molecule has 0 N–H and O–H groups in total. The van der Waals surface area contributed by atoms with Crippen molar-refractivity contribution in [2.24, 2.45) is 0 Å². The van der Waals surface area contributed by atoms with Crippen LogP contribution in [0.1, 0.15) is 36.0 Å². The van der Waals surface area contributed by atoms with Crippen molar-refractivity contribution in [2.75, 3.05) is 0 Å². The Balaban J connectivity index is 2.04. The summed E-state index contributed by atoms with van der Waals surface area (Å²) in [5, 5.41) is 0.396. The van der Waals surface area contributed by atoms with Crippen molar-refractivity contribution in [1.82, 2.24) is 4.98 Å². The number of carbonyl (C=O) groups is 1. The molecule has 1 aromatic rings. The molecule has 1 aromatic heterocycles. The van der Waals surface area contributed by atoms with Gasteiger partial charge in [0.2, 0.25) is 0 Å². The summed E-state index contributed by atoms with van der Waals surface area (Å²) in [7, 11) is 0. The van der Waals surface area contributed by atoms with Crippen LogP contribution in [0, 0.1) is 0 Å². The van der Waals surface area contributed by atoms with Crippen molar-refractivity contribution in [3.8, 4) is 0 Å². The minimum absolute atomic E-state index is 0.0637. The molecular formula is C11H12ClNO2. The summed E-state index contributed by atoms with van der Waals surface area (Å²) in [6.45, 7) is 0. The summed E-state index contributed by atoms with van der Waals surface area (Å²) in [6.07, 6.45) is 7.26. The molecule has 80 valence electrons. The van der Waals surface area contributed by atoms with Gasteiger partial charge in [0.15, 0.2) is 0 Å². The Labute approximate surface area is 93.4 Å². The van der Waals surface area contributed by atoms with Crippen molar-refractivity contribution in [1.29, 1.82) is 0 Å². The van der Waals surface area contributed by atoms with E-state index in [9.17, 15) is 4.79 Å². The van der Waals surface area contributed by atoms with Crippen LogP contribution < -0.4 is 0 Å². The van der Waals surface area contributed by atoms with Crippen LogP contribution in [0.25, 0.3) is 0 Å². The minimum Gasteiger partial charge on any atom is -0.459 e. The van der Waals surface area contributed by atoms with Crippen LogP contribution in [0.15, 0.2) is 18.5 Å². The normalized spacial score (nSPS) is 16.6. The maximum absolute atomic E-state index is 11.7. The van der Waals surface area contributed by atoms with E-state index in [1.54, 1.807) is 12.3 Å². The first-order valence-corrected chi connectivity index (χ1v) is 5.45. The number of rotatable bonds is 2. The number of ether oxygens (including phenoxy) is 1. The molecule has 2 rings (SSSR count). The van der Waals surface area contributed by atoms with Crippen LogP contribution in [-0.4, -0.2) is 17.1 Å². The molecule has 0 bridgehead atoms. The number of aromatic nitrogens is 1. The average Bonchev–Trinajstić information content (AvgIpc) is 2.71. The second-order valence-electron chi connectivity index (χ2n) is 3.67. The van der Waals surface area contributed by atoms with Gasteiger partial charge in [0.25, 0.3) is 0 Å². The van der Waals surface area contributed by atoms with Gasteiger partial charge in [-0.25, -0.2) is 4.79 Å². The third-order valence-corrected chi connectivity index (χ3v) is 2.89. The molecule has 0 amide bonds. The number of pyridine rings is 1. The molecule has 0 saturated heterocycles. The lowest BCUT2D eigenvalue weighted by Crippen LogP contribution is -2.15. The first kappa shape index (κ1) is 10.4. The van der Waals surface area contributed by atoms with Crippen LogP contribution in [0.3, 0.4) is 0 Å². The molecule has 1 aliphatic rings. The number of halogens is 1. The highest BCUT2D eigenvalue weighted by Gasteiger charge is 2.21. The molecule has 0 aromatic carbocycles. The number of carbonyl (C=O) groups excluding carboxylic acids is 1. The first-order valence-electron chi connectivity index (χ1n) is 5.08. The van der Waals surface area contributed by atoms with Crippen LogP contribution >= 0.6 is 11.6 Å². The Hall–Kier alpha value is -1.09. The van der Waals surface area contributed by atoms with E-state index in [0.29, 0.717) is 10.6 Å². The molecular weight excluding hydrogens is 214 g/mol. The molecule has 0 spiro atoms. The molecule has 1 fully saturated rings. The smallest absolute Gasteiger partial charge is 0.341 e. The summed E-state index contributed by atoms with van der Waals surface area (Å²) >= 11 is 5.86.